The summed E-state index contributed by atoms with van der Waals surface area (Å²) in [4.78, 5) is 0. The lowest BCUT2D eigenvalue weighted by molar-refractivity contribution is 0.100. The number of ether oxygens (including phenoxy) is 2. The zero-order valence-corrected chi connectivity index (χ0v) is 10.00. The molecule has 0 aliphatic rings. The van der Waals surface area contributed by atoms with Crippen LogP contribution in [0.4, 0.5) is 0 Å². The average Bonchev–Trinajstić information content (AvgIpc) is 2.22. The first-order valence-corrected chi connectivity index (χ1v) is 5.76. The van der Waals surface area contributed by atoms with Gasteiger partial charge in [-0.15, -0.1) is 0 Å². The summed E-state index contributed by atoms with van der Waals surface area (Å²) in [5, 5.41) is 12.6. The molecular formula is C11H25NO3. The number of nitrogens with one attached hydrogen (secondary N) is 1. The van der Waals surface area contributed by atoms with Gasteiger partial charge < -0.3 is 19.9 Å². The number of hydrogen-bond donors (Lipinski definition) is 2. The van der Waals surface area contributed by atoms with E-state index in [0.717, 1.165) is 39.0 Å². The molecule has 0 aliphatic heterocycles. The summed E-state index contributed by atoms with van der Waals surface area (Å²) >= 11 is 0. The number of rotatable bonds is 11. The molecule has 0 saturated carbocycles. The van der Waals surface area contributed by atoms with Crippen molar-refractivity contribution in [3.63, 3.8) is 0 Å². The minimum Gasteiger partial charge on any atom is -0.392 e. The van der Waals surface area contributed by atoms with Crippen LogP contribution in [0.1, 0.15) is 26.2 Å². The third kappa shape index (κ3) is 11.8. The highest BCUT2D eigenvalue weighted by atomic mass is 16.5. The van der Waals surface area contributed by atoms with Crippen molar-refractivity contribution in [2.45, 2.75) is 32.3 Å². The van der Waals surface area contributed by atoms with Crippen molar-refractivity contribution in [1.82, 2.24) is 5.32 Å². The maximum absolute atomic E-state index is 9.40. The van der Waals surface area contributed by atoms with Gasteiger partial charge in [0.15, 0.2) is 0 Å². The lowest BCUT2D eigenvalue weighted by Gasteiger charge is -2.10. The van der Waals surface area contributed by atoms with Crippen LogP contribution < -0.4 is 5.32 Å². The summed E-state index contributed by atoms with van der Waals surface area (Å²) in [6.45, 7) is 5.73. The molecule has 1 atom stereocenters. The maximum Gasteiger partial charge on any atom is 0.0664 e. The SMILES string of the molecule is CCCC(O)CNCCOCCCOC. The van der Waals surface area contributed by atoms with Gasteiger partial charge in [0.25, 0.3) is 0 Å². The van der Waals surface area contributed by atoms with E-state index in [1.807, 2.05) is 0 Å². The van der Waals surface area contributed by atoms with Gasteiger partial charge in [-0.3, -0.25) is 0 Å². The smallest absolute Gasteiger partial charge is 0.0664 e. The van der Waals surface area contributed by atoms with E-state index in [1.54, 1.807) is 7.11 Å². The highest BCUT2D eigenvalue weighted by molar-refractivity contribution is 4.57. The monoisotopic (exact) mass is 219 g/mol. The van der Waals surface area contributed by atoms with E-state index in [1.165, 1.54) is 0 Å². The second-order valence-corrected chi connectivity index (χ2v) is 3.61. The van der Waals surface area contributed by atoms with Crippen LogP contribution in [0.25, 0.3) is 0 Å². The van der Waals surface area contributed by atoms with E-state index < -0.39 is 0 Å². The predicted molar refractivity (Wildman–Crippen MR) is 61.1 cm³/mol. The van der Waals surface area contributed by atoms with Crippen LogP contribution in [0.2, 0.25) is 0 Å². The van der Waals surface area contributed by atoms with Gasteiger partial charge in [0, 0.05) is 33.4 Å². The van der Waals surface area contributed by atoms with E-state index in [0.29, 0.717) is 13.2 Å². The van der Waals surface area contributed by atoms with Gasteiger partial charge in [-0.25, -0.2) is 0 Å². The molecule has 0 aliphatic carbocycles. The molecule has 0 bridgehead atoms. The molecule has 92 valence electrons. The Kier molecular flexibility index (Phi) is 11.8. The Bertz CT molecular complexity index is 122. The second-order valence-electron chi connectivity index (χ2n) is 3.61. The molecule has 0 spiro atoms. The summed E-state index contributed by atoms with van der Waals surface area (Å²) in [5.41, 5.74) is 0. The molecule has 0 fully saturated rings. The molecule has 2 N–H and O–H groups in total. The first-order chi connectivity index (χ1) is 7.31. The highest BCUT2D eigenvalue weighted by Crippen LogP contribution is 1.93. The minimum atomic E-state index is -0.219. The highest BCUT2D eigenvalue weighted by Gasteiger charge is 2.00. The Hall–Kier alpha value is -0.160. The van der Waals surface area contributed by atoms with Crippen molar-refractivity contribution in [2.75, 3.05) is 40.0 Å². The second kappa shape index (κ2) is 11.9. The number of aliphatic hydroxyl groups is 1. The van der Waals surface area contributed by atoms with Gasteiger partial charge in [-0.2, -0.15) is 0 Å². The Morgan fingerprint density at radius 2 is 2.07 bits per heavy atom. The molecule has 0 radical (unpaired) electrons. The Balaban J connectivity index is 2.98. The molecule has 1 unspecified atom stereocenters. The number of aliphatic hydroxyl groups excluding tert-OH is 1. The standard InChI is InChI=1S/C11H25NO3/c1-3-5-11(13)10-12-6-9-15-8-4-7-14-2/h11-13H,3-10H2,1-2H3. The maximum atomic E-state index is 9.40. The molecule has 0 rings (SSSR count). The quantitative estimate of drug-likeness (QED) is 0.504. The van der Waals surface area contributed by atoms with Crippen LogP contribution in [0.5, 0.6) is 0 Å². The Morgan fingerprint density at radius 3 is 2.73 bits per heavy atom. The summed E-state index contributed by atoms with van der Waals surface area (Å²) in [5.74, 6) is 0. The Morgan fingerprint density at radius 1 is 1.27 bits per heavy atom. The topological polar surface area (TPSA) is 50.7 Å². The summed E-state index contributed by atoms with van der Waals surface area (Å²) in [6.07, 6.45) is 2.61. The van der Waals surface area contributed by atoms with Crippen LogP contribution in [0.3, 0.4) is 0 Å². The summed E-state index contributed by atoms with van der Waals surface area (Å²) in [6, 6.07) is 0. The molecule has 4 nitrogen and oxygen atoms in total. The van der Waals surface area contributed by atoms with E-state index in [2.05, 4.69) is 12.2 Å². The third-order valence-corrected chi connectivity index (χ3v) is 2.06. The van der Waals surface area contributed by atoms with E-state index in [9.17, 15) is 5.11 Å². The van der Waals surface area contributed by atoms with Crippen LogP contribution in [-0.2, 0) is 9.47 Å². The normalized spacial score (nSPS) is 13.0. The van der Waals surface area contributed by atoms with Crippen LogP contribution in [-0.4, -0.2) is 51.2 Å². The fraction of sp³-hybridized carbons (Fsp3) is 1.00. The van der Waals surface area contributed by atoms with Gasteiger partial charge in [-0.1, -0.05) is 13.3 Å². The van der Waals surface area contributed by atoms with E-state index in [-0.39, 0.29) is 6.10 Å². The molecule has 4 heteroatoms. The lowest BCUT2D eigenvalue weighted by Crippen LogP contribution is -2.29. The van der Waals surface area contributed by atoms with E-state index >= 15 is 0 Å². The summed E-state index contributed by atoms with van der Waals surface area (Å²) in [7, 11) is 1.69. The van der Waals surface area contributed by atoms with Crippen molar-refractivity contribution in [3.05, 3.63) is 0 Å². The predicted octanol–water partition coefficient (Wildman–Crippen LogP) is 0.790. The van der Waals surface area contributed by atoms with Crippen molar-refractivity contribution < 1.29 is 14.6 Å². The molecule has 0 aromatic rings. The fourth-order valence-electron chi connectivity index (χ4n) is 1.26. The van der Waals surface area contributed by atoms with E-state index in [4.69, 9.17) is 9.47 Å². The molecule has 0 aromatic carbocycles. The largest absolute Gasteiger partial charge is 0.392 e. The lowest BCUT2D eigenvalue weighted by atomic mass is 10.2. The minimum absolute atomic E-state index is 0.219. The van der Waals surface area contributed by atoms with Crippen molar-refractivity contribution in [1.29, 1.82) is 0 Å². The van der Waals surface area contributed by atoms with Gasteiger partial charge in [0.1, 0.15) is 0 Å². The van der Waals surface area contributed by atoms with Crippen molar-refractivity contribution in [2.24, 2.45) is 0 Å². The third-order valence-electron chi connectivity index (χ3n) is 2.06. The molecule has 0 aromatic heterocycles. The van der Waals surface area contributed by atoms with Crippen LogP contribution in [0, 0.1) is 0 Å². The van der Waals surface area contributed by atoms with Gasteiger partial charge >= 0.3 is 0 Å². The molecular weight excluding hydrogens is 194 g/mol. The van der Waals surface area contributed by atoms with Gasteiger partial charge in [0.2, 0.25) is 0 Å². The fourth-order valence-corrected chi connectivity index (χ4v) is 1.26. The average molecular weight is 219 g/mol. The van der Waals surface area contributed by atoms with Crippen LogP contribution >= 0.6 is 0 Å². The molecule has 0 heterocycles. The first-order valence-electron chi connectivity index (χ1n) is 5.76. The van der Waals surface area contributed by atoms with Crippen molar-refractivity contribution >= 4 is 0 Å². The first kappa shape index (κ1) is 14.8. The summed E-state index contributed by atoms with van der Waals surface area (Å²) < 4.78 is 10.3. The molecule has 0 amide bonds. The zero-order chi connectivity index (χ0) is 11.4. The van der Waals surface area contributed by atoms with Gasteiger partial charge in [0.05, 0.1) is 12.7 Å². The molecule has 0 saturated heterocycles. The van der Waals surface area contributed by atoms with Gasteiger partial charge in [-0.05, 0) is 12.8 Å². The Labute approximate surface area is 93.0 Å². The van der Waals surface area contributed by atoms with Crippen molar-refractivity contribution in [3.8, 4) is 0 Å². The molecule has 15 heavy (non-hydrogen) atoms. The van der Waals surface area contributed by atoms with Crippen LogP contribution in [0.15, 0.2) is 0 Å². The zero-order valence-electron chi connectivity index (χ0n) is 10.00. The number of hydrogen-bond acceptors (Lipinski definition) is 4. The number of methoxy groups -OCH3 is 1.